The highest BCUT2D eigenvalue weighted by atomic mass is 32.1. The van der Waals surface area contributed by atoms with Crippen LogP contribution in [-0.4, -0.2) is 9.97 Å². The Labute approximate surface area is 630 Å². The van der Waals surface area contributed by atoms with Gasteiger partial charge in [-0.25, -0.2) is 0 Å². The van der Waals surface area contributed by atoms with Crippen molar-refractivity contribution in [3.63, 3.8) is 0 Å². The summed E-state index contributed by atoms with van der Waals surface area (Å²) >= 11 is 3.59. The van der Waals surface area contributed by atoms with Gasteiger partial charge < -0.3 is 9.80 Å². The molecule has 0 aliphatic rings. The fourth-order valence-corrected chi connectivity index (χ4v) is 19.3. The lowest BCUT2D eigenvalue weighted by molar-refractivity contribution is 1.26. The second kappa shape index (κ2) is 25.0. The largest absolute Gasteiger partial charge is 0.310 e. The van der Waals surface area contributed by atoms with Gasteiger partial charge in [-0.3, -0.25) is 9.97 Å². The second-order valence-electron chi connectivity index (χ2n) is 28.3. The number of hydrogen-bond acceptors (Lipinski definition) is 6. The predicted octanol–water partition coefficient (Wildman–Crippen LogP) is 29.7. The van der Waals surface area contributed by atoms with Gasteiger partial charge >= 0.3 is 0 Å². The number of nitrogens with zero attached hydrogens (tertiary/aromatic N) is 4. The number of benzene rings is 18. The molecule has 4 heterocycles. The topological polar surface area (TPSA) is 32.3 Å². The van der Waals surface area contributed by atoms with Crippen LogP contribution >= 0.6 is 22.7 Å². The molecule has 22 rings (SSSR count). The van der Waals surface area contributed by atoms with Crippen LogP contribution in [0.5, 0.6) is 0 Å². The van der Waals surface area contributed by atoms with Crippen molar-refractivity contribution in [2.75, 3.05) is 9.80 Å². The standard InChI is InChI=1S/C102H62N4S2/c1-4-19-79-69(16-1)56-91(86-25-10-7-22-83(79)86)63-31-41-73(42-32-63)105(77-49-52-98-96(60-77)102-99(107-98)30-15-53-103-102)74-43-33-65(34-44-74)93-58-71-18-3-6-21-81(71)95-55-68(40-51-89(93)95)67-39-50-82-72(54-67)59-94(88-27-12-9-24-85(82)88)66-37-47-76(48-38-66)106(78-61-100-101(104-62-78)90-28-13-14-29-97(90)108-100)75-45-35-64(36-46-75)92-57-70-17-2-5-20-80(70)84-23-8-11-26-87(84)92/h1-62H. The minimum Gasteiger partial charge on any atom is -0.310 e. The van der Waals surface area contributed by atoms with Gasteiger partial charge in [0, 0.05) is 54.8 Å². The molecule has 4 nitrogen and oxygen atoms in total. The molecule has 0 aliphatic carbocycles. The van der Waals surface area contributed by atoms with E-state index in [0.29, 0.717) is 0 Å². The third-order valence-electron chi connectivity index (χ3n) is 22.3. The summed E-state index contributed by atoms with van der Waals surface area (Å²) in [4.78, 5) is 14.8. The Kier molecular flexibility index (Phi) is 14.3. The zero-order chi connectivity index (χ0) is 70.9. The molecule has 0 fully saturated rings. The van der Waals surface area contributed by atoms with E-state index in [1.165, 1.54) is 150 Å². The fourth-order valence-electron chi connectivity index (χ4n) is 17.1. The van der Waals surface area contributed by atoms with Crippen molar-refractivity contribution in [1.29, 1.82) is 0 Å². The molecule has 108 heavy (non-hydrogen) atoms. The Balaban J connectivity index is 0.615. The minimum atomic E-state index is 1.00. The molecule has 18 aromatic carbocycles. The van der Waals surface area contributed by atoms with Crippen LogP contribution in [0.25, 0.3) is 182 Å². The summed E-state index contributed by atoms with van der Waals surface area (Å²) in [5.41, 5.74) is 20.2. The summed E-state index contributed by atoms with van der Waals surface area (Å²) in [5, 5.41) is 22.1. The van der Waals surface area contributed by atoms with Crippen molar-refractivity contribution >= 4 is 184 Å². The Morgan fingerprint density at radius 1 is 0.185 bits per heavy atom. The van der Waals surface area contributed by atoms with E-state index in [0.717, 1.165) is 66.4 Å². The van der Waals surface area contributed by atoms with E-state index in [2.05, 4.69) is 368 Å². The number of aromatic nitrogens is 2. The summed E-state index contributed by atoms with van der Waals surface area (Å²) in [6.45, 7) is 0. The number of pyridine rings is 2. The van der Waals surface area contributed by atoms with Crippen molar-refractivity contribution < 1.29 is 0 Å². The average molecular weight is 1410 g/mol. The lowest BCUT2D eigenvalue weighted by Crippen LogP contribution is -2.10. The van der Waals surface area contributed by atoms with E-state index in [1.54, 1.807) is 22.7 Å². The van der Waals surface area contributed by atoms with Crippen molar-refractivity contribution in [1.82, 2.24) is 9.97 Å². The molecule has 0 aliphatic heterocycles. The van der Waals surface area contributed by atoms with Crippen LogP contribution in [0, 0.1) is 0 Å². The van der Waals surface area contributed by atoms with Crippen molar-refractivity contribution in [3.8, 4) is 55.6 Å². The Morgan fingerprint density at radius 3 is 1.06 bits per heavy atom. The van der Waals surface area contributed by atoms with Gasteiger partial charge in [0.1, 0.15) is 0 Å². The normalized spacial score (nSPS) is 11.9. The van der Waals surface area contributed by atoms with Gasteiger partial charge in [-0.2, -0.15) is 0 Å². The number of anilines is 6. The SMILES string of the molecule is c1ccc2c(c1)cc(-c1ccc(N(c3ccc(-c4cc5cc(-c6ccc7c(-c8ccc(N(c9ccc(-c%10cc%11ccccc%11c%11ccccc%10%11)cc9)c9ccc%10sc%11cccnc%11c%10c9)cc8)cc8ccccc8c7c6)ccc5c5ccccc45)cc3)c3cnc4c(c3)sc3ccccc34)cc1)c1ccccc12. The molecule has 4 aromatic heterocycles. The zero-order valence-electron chi connectivity index (χ0n) is 58.4. The van der Waals surface area contributed by atoms with Gasteiger partial charge in [-0.15, -0.1) is 22.7 Å². The number of thiophene rings is 2. The predicted molar refractivity (Wildman–Crippen MR) is 464 cm³/mol. The van der Waals surface area contributed by atoms with Crippen LogP contribution in [0.3, 0.4) is 0 Å². The molecule has 0 atom stereocenters. The first-order chi connectivity index (χ1) is 53.5. The summed E-state index contributed by atoms with van der Waals surface area (Å²) in [5.74, 6) is 0. The minimum absolute atomic E-state index is 1.00. The maximum Gasteiger partial charge on any atom is 0.0890 e. The van der Waals surface area contributed by atoms with E-state index in [1.807, 2.05) is 18.5 Å². The third kappa shape index (κ3) is 10.2. The van der Waals surface area contributed by atoms with Crippen LogP contribution < -0.4 is 9.80 Å². The summed E-state index contributed by atoms with van der Waals surface area (Å²) < 4.78 is 4.80. The molecule has 0 amide bonds. The van der Waals surface area contributed by atoms with E-state index in [9.17, 15) is 0 Å². The molecule has 0 spiro atoms. The average Bonchev–Trinajstić information content (AvgIpc) is 1.00. The Bertz CT molecular complexity index is 7420. The molecule has 0 bridgehead atoms. The fraction of sp³-hybridized carbons (Fsp3) is 0. The lowest BCUT2D eigenvalue weighted by atomic mass is 9.89. The van der Waals surface area contributed by atoms with Gasteiger partial charge in [0.2, 0.25) is 0 Å². The zero-order valence-corrected chi connectivity index (χ0v) is 60.0. The van der Waals surface area contributed by atoms with Crippen LogP contribution in [0.15, 0.2) is 376 Å². The van der Waals surface area contributed by atoms with Crippen molar-refractivity contribution in [3.05, 3.63) is 376 Å². The van der Waals surface area contributed by atoms with Crippen molar-refractivity contribution in [2.45, 2.75) is 0 Å². The first-order valence-electron chi connectivity index (χ1n) is 36.8. The van der Waals surface area contributed by atoms with E-state index in [-0.39, 0.29) is 0 Å². The first-order valence-corrected chi connectivity index (χ1v) is 38.4. The molecule has 0 saturated carbocycles. The van der Waals surface area contributed by atoms with E-state index in [4.69, 9.17) is 9.97 Å². The van der Waals surface area contributed by atoms with Crippen LogP contribution in [0.1, 0.15) is 0 Å². The summed E-state index contributed by atoms with van der Waals surface area (Å²) in [6.07, 6.45) is 3.95. The highest BCUT2D eigenvalue weighted by molar-refractivity contribution is 7.26. The van der Waals surface area contributed by atoms with Crippen LogP contribution in [0.4, 0.5) is 34.1 Å². The number of rotatable bonds is 11. The van der Waals surface area contributed by atoms with E-state index < -0.39 is 0 Å². The van der Waals surface area contributed by atoms with E-state index >= 15 is 0 Å². The van der Waals surface area contributed by atoms with Crippen LogP contribution in [-0.2, 0) is 0 Å². The quantitative estimate of drug-likeness (QED) is 0.121. The maximum atomic E-state index is 5.19. The molecule has 0 saturated heterocycles. The second-order valence-corrected chi connectivity index (χ2v) is 30.5. The first kappa shape index (κ1) is 61.8. The maximum absolute atomic E-state index is 5.19. The molecule has 502 valence electrons. The smallest absolute Gasteiger partial charge is 0.0890 e. The highest BCUT2D eigenvalue weighted by Crippen LogP contribution is 2.48. The van der Waals surface area contributed by atoms with Gasteiger partial charge in [0.15, 0.2) is 0 Å². The van der Waals surface area contributed by atoms with Gasteiger partial charge in [-0.05, 0) is 269 Å². The molecule has 0 unspecified atom stereocenters. The molecule has 0 radical (unpaired) electrons. The molecular weight excluding hydrogens is 1350 g/mol. The monoisotopic (exact) mass is 1410 g/mol. The number of hydrogen-bond donors (Lipinski definition) is 0. The van der Waals surface area contributed by atoms with Crippen molar-refractivity contribution in [2.24, 2.45) is 0 Å². The lowest BCUT2D eigenvalue weighted by Gasteiger charge is -2.26. The van der Waals surface area contributed by atoms with Gasteiger partial charge in [-0.1, -0.05) is 237 Å². The molecule has 6 heteroatoms. The Hall–Kier alpha value is -13.6. The summed E-state index contributed by atoms with van der Waals surface area (Å²) in [7, 11) is 0. The van der Waals surface area contributed by atoms with Gasteiger partial charge in [0.05, 0.1) is 32.3 Å². The van der Waals surface area contributed by atoms with Gasteiger partial charge in [0.25, 0.3) is 0 Å². The highest BCUT2D eigenvalue weighted by Gasteiger charge is 2.22. The molecule has 22 aromatic rings. The Morgan fingerprint density at radius 2 is 0.537 bits per heavy atom. The van der Waals surface area contributed by atoms with Crippen LogP contribution in [0.2, 0.25) is 0 Å². The third-order valence-corrected chi connectivity index (χ3v) is 24.5. The number of fused-ring (bicyclic) bond motifs is 18. The molecular formula is C102H62N4S2. The molecule has 0 N–H and O–H groups in total. The summed E-state index contributed by atoms with van der Waals surface area (Å²) in [6, 6.07) is 135.